The number of fused-ring (bicyclic) bond motifs is 1. The number of carbonyl (C=O) groups is 1. The summed E-state index contributed by atoms with van der Waals surface area (Å²) in [5, 5.41) is 3.69. The van der Waals surface area contributed by atoms with Gasteiger partial charge in [-0.2, -0.15) is 18.3 Å². The molecule has 2 rings (SSSR count). The molecule has 0 unspecified atom stereocenters. The van der Waals surface area contributed by atoms with Crippen molar-refractivity contribution in [1.29, 1.82) is 0 Å². The number of aldehydes is 1. The van der Waals surface area contributed by atoms with Gasteiger partial charge >= 0.3 is 6.18 Å². The zero-order valence-electron chi connectivity index (χ0n) is 8.12. The predicted octanol–water partition coefficient (Wildman–Crippen LogP) is 1.87. The van der Waals surface area contributed by atoms with Crippen LogP contribution in [0.2, 0.25) is 0 Å². The zero-order chi connectivity index (χ0) is 11.9. The Morgan fingerprint density at radius 3 is 2.62 bits per heavy atom. The van der Waals surface area contributed by atoms with E-state index < -0.39 is 12.0 Å². The quantitative estimate of drug-likeness (QED) is 0.701. The minimum absolute atomic E-state index is 0.0490. The van der Waals surface area contributed by atoms with Crippen molar-refractivity contribution in [3.63, 3.8) is 0 Å². The third kappa shape index (κ3) is 1.54. The summed E-state index contributed by atoms with van der Waals surface area (Å²) < 4.78 is 38.3. The summed E-state index contributed by atoms with van der Waals surface area (Å²) in [6, 6.07) is 2.90. The molecule has 0 fully saturated rings. The van der Waals surface area contributed by atoms with Crippen molar-refractivity contribution in [2.24, 2.45) is 0 Å². The zero-order valence-corrected chi connectivity index (χ0v) is 8.12. The van der Waals surface area contributed by atoms with Gasteiger partial charge in [0.05, 0.1) is 11.2 Å². The van der Waals surface area contributed by atoms with E-state index in [2.05, 4.69) is 10.1 Å². The molecule has 2 aromatic heterocycles. The van der Waals surface area contributed by atoms with Crippen LogP contribution in [0, 0.1) is 6.92 Å². The van der Waals surface area contributed by atoms with Crippen LogP contribution in [-0.2, 0) is 6.18 Å². The molecule has 0 saturated heterocycles. The third-order valence-electron chi connectivity index (χ3n) is 2.02. The van der Waals surface area contributed by atoms with E-state index in [1.807, 2.05) is 0 Å². The number of aromatic nitrogens is 3. The monoisotopic (exact) mass is 229 g/mol. The van der Waals surface area contributed by atoms with Crippen molar-refractivity contribution in [2.45, 2.75) is 13.1 Å². The summed E-state index contributed by atoms with van der Waals surface area (Å²) in [5.41, 5.74) is 0.195. The second-order valence-corrected chi connectivity index (χ2v) is 3.21. The summed E-state index contributed by atoms with van der Waals surface area (Å²) in [7, 11) is 0. The van der Waals surface area contributed by atoms with E-state index in [0.717, 1.165) is 0 Å². The molecule has 2 aromatic rings. The lowest BCUT2D eigenvalue weighted by atomic mass is 10.3. The lowest BCUT2D eigenvalue weighted by molar-refractivity contribution is -0.146. The molecule has 4 nitrogen and oxygen atoms in total. The fourth-order valence-corrected chi connectivity index (χ4v) is 1.36. The minimum atomic E-state index is -4.63. The van der Waals surface area contributed by atoms with Gasteiger partial charge in [-0.25, -0.2) is 9.50 Å². The van der Waals surface area contributed by atoms with E-state index in [4.69, 9.17) is 0 Å². The summed E-state index contributed by atoms with van der Waals surface area (Å²) in [4.78, 5) is 13.8. The number of halogens is 3. The summed E-state index contributed by atoms with van der Waals surface area (Å²) in [5.74, 6) is -1.19. The molecule has 0 aliphatic carbocycles. The van der Waals surface area contributed by atoms with Crippen LogP contribution >= 0.6 is 0 Å². The number of hydrogen-bond acceptors (Lipinski definition) is 3. The van der Waals surface area contributed by atoms with Crippen molar-refractivity contribution < 1.29 is 18.0 Å². The van der Waals surface area contributed by atoms with Crippen LogP contribution in [-0.4, -0.2) is 20.9 Å². The SMILES string of the molecule is Cc1ccc2c(C=O)nc(C(F)(F)F)n2n1. The average Bonchev–Trinajstić information content (AvgIpc) is 2.54. The Balaban J connectivity index is 2.84. The van der Waals surface area contributed by atoms with Gasteiger partial charge < -0.3 is 0 Å². The summed E-state index contributed by atoms with van der Waals surface area (Å²) in [6.07, 6.45) is -4.35. The Morgan fingerprint density at radius 1 is 1.38 bits per heavy atom. The number of nitrogens with zero attached hydrogens (tertiary/aromatic N) is 3. The maximum absolute atomic E-state index is 12.6. The van der Waals surface area contributed by atoms with Crippen LogP contribution in [0.5, 0.6) is 0 Å². The van der Waals surface area contributed by atoms with Crippen LogP contribution in [0.15, 0.2) is 12.1 Å². The highest BCUT2D eigenvalue weighted by molar-refractivity contribution is 5.83. The second-order valence-electron chi connectivity index (χ2n) is 3.21. The van der Waals surface area contributed by atoms with E-state index in [1.165, 1.54) is 12.1 Å². The van der Waals surface area contributed by atoms with Crippen molar-refractivity contribution in [3.05, 3.63) is 29.3 Å². The molecule has 0 atom stereocenters. The molecular weight excluding hydrogens is 223 g/mol. The van der Waals surface area contributed by atoms with E-state index in [0.29, 0.717) is 10.2 Å². The van der Waals surface area contributed by atoms with Gasteiger partial charge in [-0.3, -0.25) is 4.79 Å². The van der Waals surface area contributed by atoms with Crippen LogP contribution < -0.4 is 0 Å². The fraction of sp³-hybridized carbons (Fsp3) is 0.222. The Morgan fingerprint density at radius 2 is 2.06 bits per heavy atom. The van der Waals surface area contributed by atoms with Gasteiger partial charge in [0.1, 0.15) is 5.69 Å². The van der Waals surface area contributed by atoms with Crippen molar-refractivity contribution in [1.82, 2.24) is 14.6 Å². The maximum Gasteiger partial charge on any atom is 0.451 e. The van der Waals surface area contributed by atoms with E-state index in [9.17, 15) is 18.0 Å². The normalized spacial score (nSPS) is 12.0. The molecule has 0 N–H and O–H groups in total. The van der Waals surface area contributed by atoms with E-state index in [-0.39, 0.29) is 17.5 Å². The first kappa shape index (κ1) is 10.6. The van der Waals surface area contributed by atoms with Gasteiger partial charge in [0.15, 0.2) is 6.29 Å². The largest absolute Gasteiger partial charge is 0.451 e. The summed E-state index contributed by atoms with van der Waals surface area (Å²) in [6.45, 7) is 1.56. The maximum atomic E-state index is 12.6. The Hall–Kier alpha value is -1.92. The standard InChI is InChI=1S/C9H6F3N3O/c1-5-2-3-7-6(4-16)13-8(9(10,11)12)15(7)14-5/h2-4H,1H3. The predicted molar refractivity (Wildman–Crippen MR) is 48.1 cm³/mol. The third-order valence-corrected chi connectivity index (χ3v) is 2.02. The smallest absolute Gasteiger partial charge is 0.296 e. The number of rotatable bonds is 1. The van der Waals surface area contributed by atoms with Gasteiger partial charge in [-0.15, -0.1) is 0 Å². The van der Waals surface area contributed by atoms with Gasteiger partial charge in [0, 0.05) is 0 Å². The highest BCUT2D eigenvalue weighted by Gasteiger charge is 2.37. The number of aryl methyl sites for hydroxylation is 1. The average molecular weight is 229 g/mol. The lowest BCUT2D eigenvalue weighted by Gasteiger charge is -2.04. The number of imidazole rings is 1. The first-order valence-electron chi connectivity index (χ1n) is 4.32. The van der Waals surface area contributed by atoms with Gasteiger partial charge in [0.25, 0.3) is 0 Å². The molecule has 0 aliphatic heterocycles. The topological polar surface area (TPSA) is 47.3 Å². The first-order valence-corrected chi connectivity index (χ1v) is 4.32. The van der Waals surface area contributed by atoms with Crippen molar-refractivity contribution in [3.8, 4) is 0 Å². The molecule has 0 spiro atoms. The summed E-state index contributed by atoms with van der Waals surface area (Å²) >= 11 is 0. The van der Waals surface area contributed by atoms with E-state index in [1.54, 1.807) is 6.92 Å². The second kappa shape index (κ2) is 3.29. The lowest BCUT2D eigenvalue weighted by Crippen LogP contribution is -2.12. The van der Waals surface area contributed by atoms with Gasteiger partial charge in [-0.1, -0.05) is 0 Å². The Labute approximate surface area is 87.7 Å². The van der Waals surface area contributed by atoms with Crippen LogP contribution in [0.4, 0.5) is 13.2 Å². The fourth-order valence-electron chi connectivity index (χ4n) is 1.36. The molecule has 84 valence electrons. The molecule has 0 aromatic carbocycles. The molecule has 0 aliphatic rings. The molecule has 2 heterocycles. The minimum Gasteiger partial charge on any atom is -0.296 e. The van der Waals surface area contributed by atoms with Crippen LogP contribution in [0.1, 0.15) is 22.0 Å². The molecule has 0 amide bonds. The Bertz CT molecular complexity index is 559. The van der Waals surface area contributed by atoms with Crippen molar-refractivity contribution >= 4 is 11.8 Å². The number of carbonyl (C=O) groups excluding carboxylic acids is 1. The van der Waals surface area contributed by atoms with Crippen LogP contribution in [0.25, 0.3) is 5.52 Å². The highest BCUT2D eigenvalue weighted by Crippen LogP contribution is 2.29. The first-order chi connectivity index (χ1) is 7.43. The van der Waals surface area contributed by atoms with E-state index >= 15 is 0 Å². The molecule has 7 heteroatoms. The van der Waals surface area contributed by atoms with Crippen molar-refractivity contribution in [2.75, 3.05) is 0 Å². The highest BCUT2D eigenvalue weighted by atomic mass is 19.4. The molecule has 0 radical (unpaired) electrons. The molecule has 0 bridgehead atoms. The number of alkyl halides is 3. The van der Waals surface area contributed by atoms with Gasteiger partial charge in [-0.05, 0) is 19.1 Å². The number of hydrogen-bond donors (Lipinski definition) is 0. The molecular formula is C9H6F3N3O. The van der Waals surface area contributed by atoms with Gasteiger partial charge in [0.2, 0.25) is 5.82 Å². The Kier molecular flexibility index (Phi) is 2.18. The van der Waals surface area contributed by atoms with Crippen LogP contribution in [0.3, 0.4) is 0 Å². The molecule has 0 saturated carbocycles. The molecule has 16 heavy (non-hydrogen) atoms.